The minimum atomic E-state index is -0.319. The summed E-state index contributed by atoms with van der Waals surface area (Å²) in [6, 6.07) is 16.6. The van der Waals surface area contributed by atoms with Gasteiger partial charge in [-0.05, 0) is 61.9 Å². The first-order valence-electron chi connectivity index (χ1n) is 10.5. The number of carbonyl (C=O) groups is 1. The van der Waals surface area contributed by atoms with Gasteiger partial charge < -0.3 is 10.1 Å². The fourth-order valence-corrected chi connectivity index (χ4v) is 4.40. The van der Waals surface area contributed by atoms with Crippen LogP contribution >= 0.6 is 23.4 Å². The molecule has 0 aliphatic heterocycles. The van der Waals surface area contributed by atoms with Crippen LogP contribution in [0.15, 0.2) is 59.8 Å². The van der Waals surface area contributed by atoms with Gasteiger partial charge in [-0.3, -0.25) is 4.79 Å². The fourth-order valence-electron chi connectivity index (χ4n) is 3.34. The SMILES string of the molecule is COc1cccc(CNC(=O)c2nnn(-c3ccc(Cl)cc3)c2CSc2nc(C)cc(C)n2)c1. The maximum absolute atomic E-state index is 13.1. The second kappa shape index (κ2) is 10.7. The van der Waals surface area contributed by atoms with Crippen LogP contribution in [-0.2, 0) is 12.3 Å². The highest BCUT2D eigenvalue weighted by Crippen LogP contribution is 2.24. The number of ether oxygens (including phenoxy) is 1. The number of aromatic nitrogens is 5. The highest BCUT2D eigenvalue weighted by atomic mass is 35.5. The van der Waals surface area contributed by atoms with Crippen molar-refractivity contribution < 1.29 is 9.53 Å². The number of carbonyl (C=O) groups excluding carboxylic acids is 1. The van der Waals surface area contributed by atoms with Crippen molar-refractivity contribution in [2.75, 3.05) is 7.11 Å². The van der Waals surface area contributed by atoms with Crippen LogP contribution in [0.1, 0.15) is 33.1 Å². The van der Waals surface area contributed by atoms with E-state index in [1.807, 2.05) is 56.3 Å². The molecule has 0 saturated heterocycles. The van der Waals surface area contributed by atoms with Crippen LogP contribution in [0, 0.1) is 13.8 Å². The predicted molar refractivity (Wildman–Crippen MR) is 132 cm³/mol. The summed E-state index contributed by atoms with van der Waals surface area (Å²) in [6.07, 6.45) is 0. The van der Waals surface area contributed by atoms with E-state index >= 15 is 0 Å². The van der Waals surface area contributed by atoms with E-state index in [0.29, 0.717) is 28.2 Å². The summed E-state index contributed by atoms with van der Waals surface area (Å²) in [5, 5.41) is 12.6. The lowest BCUT2D eigenvalue weighted by molar-refractivity contribution is 0.0945. The molecule has 0 unspecified atom stereocenters. The molecule has 10 heteroatoms. The van der Waals surface area contributed by atoms with Crippen molar-refractivity contribution in [3.63, 3.8) is 0 Å². The molecule has 2 aromatic carbocycles. The summed E-state index contributed by atoms with van der Waals surface area (Å²) < 4.78 is 6.90. The highest BCUT2D eigenvalue weighted by Gasteiger charge is 2.21. The normalized spacial score (nSPS) is 10.8. The third kappa shape index (κ3) is 5.73. The molecule has 0 radical (unpaired) electrons. The number of methoxy groups -OCH3 is 1. The molecule has 0 bridgehead atoms. The Labute approximate surface area is 206 Å². The Bertz CT molecular complexity index is 1290. The Morgan fingerprint density at radius 1 is 1.09 bits per heavy atom. The molecule has 1 amide bonds. The first-order chi connectivity index (χ1) is 16.4. The van der Waals surface area contributed by atoms with Crippen molar-refractivity contribution in [3.05, 3.63) is 88.0 Å². The number of benzene rings is 2. The summed E-state index contributed by atoms with van der Waals surface area (Å²) in [6.45, 7) is 4.18. The summed E-state index contributed by atoms with van der Waals surface area (Å²) in [5.41, 5.74) is 4.32. The minimum absolute atomic E-state index is 0.245. The largest absolute Gasteiger partial charge is 0.497 e. The average Bonchev–Trinajstić information content (AvgIpc) is 3.25. The van der Waals surface area contributed by atoms with Crippen molar-refractivity contribution in [2.24, 2.45) is 0 Å². The van der Waals surface area contributed by atoms with Crippen LogP contribution in [0.5, 0.6) is 5.75 Å². The van der Waals surface area contributed by atoms with Crippen LogP contribution < -0.4 is 10.1 Å². The molecule has 4 aromatic rings. The second-order valence-electron chi connectivity index (χ2n) is 7.53. The van der Waals surface area contributed by atoms with E-state index in [1.165, 1.54) is 11.8 Å². The molecule has 1 N–H and O–H groups in total. The molecule has 0 saturated carbocycles. The van der Waals surface area contributed by atoms with E-state index in [2.05, 4.69) is 25.6 Å². The zero-order valence-corrected chi connectivity index (χ0v) is 20.5. The molecule has 2 aromatic heterocycles. The molecule has 34 heavy (non-hydrogen) atoms. The number of amides is 1. The number of rotatable bonds is 8. The van der Waals surface area contributed by atoms with Gasteiger partial charge in [-0.15, -0.1) is 5.10 Å². The number of halogens is 1. The third-order valence-corrected chi connectivity index (χ3v) is 6.05. The van der Waals surface area contributed by atoms with Crippen LogP contribution in [-0.4, -0.2) is 38.0 Å². The number of nitrogens with zero attached hydrogens (tertiary/aromatic N) is 5. The van der Waals surface area contributed by atoms with Crippen LogP contribution in [0.3, 0.4) is 0 Å². The lowest BCUT2D eigenvalue weighted by Gasteiger charge is -2.09. The standard InChI is InChI=1S/C24H23ClN6O2S/c1-15-11-16(2)28-24(27-15)34-14-21-22(29-30-31(21)19-9-7-18(25)8-10-19)23(32)26-13-17-5-4-6-20(12-17)33-3/h4-12H,13-14H2,1-3H3,(H,26,32). The third-order valence-electron chi connectivity index (χ3n) is 4.94. The van der Waals surface area contributed by atoms with Gasteiger partial charge in [0.05, 0.1) is 18.5 Å². The predicted octanol–water partition coefficient (Wildman–Crippen LogP) is 4.56. The topological polar surface area (TPSA) is 94.8 Å². The zero-order valence-electron chi connectivity index (χ0n) is 18.9. The zero-order chi connectivity index (χ0) is 24.1. The molecular formula is C24H23ClN6O2S. The molecule has 0 aliphatic carbocycles. The van der Waals surface area contributed by atoms with Gasteiger partial charge in [-0.2, -0.15) is 0 Å². The van der Waals surface area contributed by atoms with Gasteiger partial charge in [0.15, 0.2) is 10.9 Å². The Morgan fingerprint density at radius 2 is 1.82 bits per heavy atom. The van der Waals surface area contributed by atoms with Gasteiger partial charge in [0.25, 0.3) is 5.91 Å². The Balaban J connectivity index is 1.60. The summed E-state index contributed by atoms with van der Waals surface area (Å²) in [4.78, 5) is 22.1. The summed E-state index contributed by atoms with van der Waals surface area (Å²) in [7, 11) is 1.61. The van der Waals surface area contributed by atoms with Gasteiger partial charge >= 0.3 is 0 Å². The van der Waals surface area contributed by atoms with Crippen LogP contribution in [0.4, 0.5) is 0 Å². The number of nitrogens with one attached hydrogen (secondary N) is 1. The summed E-state index contributed by atoms with van der Waals surface area (Å²) in [5.74, 6) is 0.811. The van der Waals surface area contributed by atoms with E-state index in [9.17, 15) is 4.79 Å². The molecule has 174 valence electrons. The molecule has 2 heterocycles. The van der Waals surface area contributed by atoms with Crippen molar-refractivity contribution >= 4 is 29.3 Å². The summed E-state index contributed by atoms with van der Waals surface area (Å²) >= 11 is 7.47. The van der Waals surface area contributed by atoms with E-state index < -0.39 is 0 Å². The highest BCUT2D eigenvalue weighted by molar-refractivity contribution is 7.98. The van der Waals surface area contributed by atoms with E-state index in [1.54, 1.807) is 23.9 Å². The van der Waals surface area contributed by atoms with E-state index in [-0.39, 0.29) is 11.6 Å². The van der Waals surface area contributed by atoms with Gasteiger partial charge in [0.2, 0.25) is 0 Å². The molecule has 4 rings (SSSR count). The lowest BCUT2D eigenvalue weighted by atomic mass is 10.2. The van der Waals surface area contributed by atoms with Crippen LogP contribution in [0.2, 0.25) is 5.02 Å². The maximum Gasteiger partial charge on any atom is 0.274 e. The Kier molecular flexibility index (Phi) is 7.44. The van der Waals surface area contributed by atoms with Crippen molar-refractivity contribution in [2.45, 2.75) is 31.3 Å². The maximum atomic E-state index is 13.1. The smallest absolute Gasteiger partial charge is 0.274 e. The quantitative estimate of drug-likeness (QED) is 0.283. The van der Waals surface area contributed by atoms with Gasteiger partial charge in [0.1, 0.15) is 5.75 Å². The molecule has 0 atom stereocenters. The Morgan fingerprint density at radius 3 is 2.53 bits per heavy atom. The average molecular weight is 495 g/mol. The number of aryl methyl sites for hydroxylation is 2. The molecule has 0 aliphatic rings. The lowest BCUT2D eigenvalue weighted by Crippen LogP contribution is -2.24. The van der Waals surface area contributed by atoms with Crippen molar-refractivity contribution in [1.29, 1.82) is 0 Å². The molecular weight excluding hydrogens is 472 g/mol. The van der Waals surface area contributed by atoms with Crippen LogP contribution in [0.25, 0.3) is 5.69 Å². The molecule has 8 nitrogen and oxygen atoms in total. The van der Waals surface area contributed by atoms with Crippen molar-refractivity contribution in [3.8, 4) is 11.4 Å². The van der Waals surface area contributed by atoms with Crippen molar-refractivity contribution in [1.82, 2.24) is 30.3 Å². The van der Waals surface area contributed by atoms with Gasteiger partial charge in [-0.25, -0.2) is 14.6 Å². The van der Waals surface area contributed by atoms with E-state index in [4.69, 9.17) is 16.3 Å². The van der Waals surface area contributed by atoms with E-state index in [0.717, 1.165) is 28.4 Å². The number of hydrogen-bond acceptors (Lipinski definition) is 7. The minimum Gasteiger partial charge on any atom is -0.497 e. The fraction of sp³-hybridized carbons (Fsp3) is 0.208. The first-order valence-corrected chi connectivity index (χ1v) is 11.9. The first kappa shape index (κ1) is 23.7. The number of hydrogen-bond donors (Lipinski definition) is 1. The van der Waals surface area contributed by atoms with Gasteiger partial charge in [-0.1, -0.05) is 40.7 Å². The molecule has 0 fully saturated rings. The Hall–Kier alpha value is -3.43. The monoisotopic (exact) mass is 494 g/mol. The number of thioether (sulfide) groups is 1. The van der Waals surface area contributed by atoms with Gasteiger partial charge in [0, 0.05) is 28.7 Å². The molecule has 0 spiro atoms. The second-order valence-corrected chi connectivity index (χ2v) is 8.91.